The lowest BCUT2D eigenvalue weighted by atomic mass is 9.77. The molecule has 4 heteroatoms. The van der Waals surface area contributed by atoms with Gasteiger partial charge in [-0.1, -0.05) is 51.3 Å². The molecule has 0 saturated heterocycles. The molecule has 1 aliphatic rings. The van der Waals surface area contributed by atoms with Crippen molar-refractivity contribution in [3.63, 3.8) is 0 Å². The fourth-order valence-electron chi connectivity index (χ4n) is 3.77. The van der Waals surface area contributed by atoms with Gasteiger partial charge in [0, 0.05) is 0 Å². The number of aliphatic hydroxyl groups excluding tert-OH is 1. The first-order valence-corrected chi connectivity index (χ1v) is 10.3. The minimum Gasteiger partial charge on any atom is -0.423 e. The maximum absolute atomic E-state index is 12.0. The third-order valence-corrected chi connectivity index (χ3v) is 5.43. The summed E-state index contributed by atoms with van der Waals surface area (Å²) >= 11 is 0. The molecule has 0 aromatic heterocycles. The Balaban J connectivity index is 1.77. The van der Waals surface area contributed by atoms with Crippen LogP contribution in [0.3, 0.4) is 0 Å². The predicted octanol–water partition coefficient (Wildman–Crippen LogP) is 5.01. The van der Waals surface area contributed by atoms with Gasteiger partial charge in [0.1, 0.15) is 5.75 Å². The number of rotatable bonds is 11. The van der Waals surface area contributed by atoms with E-state index in [4.69, 9.17) is 14.6 Å². The number of benzene rings is 1. The molecule has 27 heavy (non-hydrogen) atoms. The van der Waals surface area contributed by atoms with Crippen LogP contribution in [0.25, 0.3) is 0 Å². The van der Waals surface area contributed by atoms with Crippen molar-refractivity contribution in [3.8, 4) is 5.75 Å². The fraction of sp³-hybridized carbons (Fsp3) is 0.609. The number of carbonyl (C=O) groups is 1. The van der Waals surface area contributed by atoms with Gasteiger partial charge in [-0.2, -0.15) is 0 Å². The summed E-state index contributed by atoms with van der Waals surface area (Å²) in [6.45, 7) is 6.10. The minimum atomic E-state index is -0.492. The summed E-state index contributed by atoms with van der Waals surface area (Å²) in [6.07, 6.45) is 10.6. The number of carbonyl (C=O) groups excluding carboxylic acids is 1. The van der Waals surface area contributed by atoms with E-state index in [2.05, 4.69) is 25.6 Å². The molecule has 1 N–H and O–H groups in total. The van der Waals surface area contributed by atoms with E-state index < -0.39 is 5.97 Å². The highest BCUT2D eigenvalue weighted by atomic mass is 16.5. The maximum Gasteiger partial charge on any atom is 0.341 e. The molecule has 1 saturated carbocycles. The van der Waals surface area contributed by atoms with Gasteiger partial charge in [-0.15, -0.1) is 0 Å². The average molecular weight is 375 g/mol. The van der Waals surface area contributed by atoms with Crippen molar-refractivity contribution in [2.75, 3.05) is 19.8 Å². The second-order valence-electron chi connectivity index (χ2n) is 7.55. The highest BCUT2D eigenvalue weighted by Crippen LogP contribution is 2.38. The Labute approximate surface area is 163 Å². The molecule has 0 radical (unpaired) electrons. The van der Waals surface area contributed by atoms with Crippen LogP contribution < -0.4 is 4.74 Å². The first-order valence-electron chi connectivity index (χ1n) is 10.3. The molecule has 0 unspecified atom stereocenters. The SMILES string of the molecule is C=C(COCCO)C(=O)Oc1ccc(C2CCC(CCCCC)CC2)cc1. The molecule has 0 spiro atoms. The molecule has 0 heterocycles. The summed E-state index contributed by atoms with van der Waals surface area (Å²) in [5, 5.41) is 8.68. The van der Waals surface area contributed by atoms with E-state index in [9.17, 15) is 4.79 Å². The van der Waals surface area contributed by atoms with Gasteiger partial charge in [-0.3, -0.25) is 0 Å². The van der Waals surface area contributed by atoms with Gasteiger partial charge in [0.25, 0.3) is 0 Å². The van der Waals surface area contributed by atoms with Crippen LogP contribution in [0.5, 0.6) is 5.75 Å². The van der Waals surface area contributed by atoms with E-state index in [1.807, 2.05) is 12.1 Å². The average Bonchev–Trinajstić information content (AvgIpc) is 2.69. The smallest absolute Gasteiger partial charge is 0.341 e. The second kappa shape index (κ2) is 11.9. The molecule has 1 aromatic rings. The molecule has 0 amide bonds. The quantitative estimate of drug-likeness (QED) is 0.256. The van der Waals surface area contributed by atoms with E-state index >= 15 is 0 Å². The molecule has 0 aliphatic heterocycles. The van der Waals surface area contributed by atoms with Crippen LogP contribution in [-0.2, 0) is 9.53 Å². The second-order valence-corrected chi connectivity index (χ2v) is 7.55. The largest absolute Gasteiger partial charge is 0.423 e. The molecule has 1 aliphatic carbocycles. The number of unbranched alkanes of at least 4 members (excludes halogenated alkanes) is 2. The summed E-state index contributed by atoms with van der Waals surface area (Å²) in [4.78, 5) is 12.0. The standard InChI is InChI=1S/C23H34O4/c1-3-4-5-6-19-7-9-20(10-8-19)21-11-13-22(14-12-21)27-23(25)18(2)17-26-16-15-24/h11-14,19-20,24H,2-10,15-17H2,1H3. The fourth-order valence-corrected chi connectivity index (χ4v) is 3.77. The maximum atomic E-state index is 12.0. The zero-order valence-corrected chi connectivity index (χ0v) is 16.6. The Morgan fingerprint density at radius 1 is 1.15 bits per heavy atom. The van der Waals surface area contributed by atoms with Crippen molar-refractivity contribution in [2.24, 2.45) is 5.92 Å². The van der Waals surface area contributed by atoms with Crippen LogP contribution in [-0.4, -0.2) is 30.9 Å². The summed E-state index contributed by atoms with van der Waals surface area (Å²) in [5.74, 6) is 1.57. The zero-order chi connectivity index (χ0) is 19.5. The van der Waals surface area contributed by atoms with Gasteiger partial charge in [0.15, 0.2) is 0 Å². The highest BCUT2D eigenvalue weighted by molar-refractivity contribution is 5.89. The number of hydrogen-bond acceptors (Lipinski definition) is 4. The van der Waals surface area contributed by atoms with E-state index in [1.54, 1.807) is 0 Å². The van der Waals surface area contributed by atoms with Crippen molar-refractivity contribution in [3.05, 3.63) is 42.0 Å². The molecule has 1 fully saturated rings. The number of aliphatic hydroxyl groups is 1. The summed E-state index contributed by atoms with van der Waals surface area (Å²) in [7, 11) is 0. The van der Waals surface area contributed by atoms with E-state index in [0.29, 0.717) is 11.7 Å². The Kier molecular flexibility index (Phi) is 9.57. The molecular formula is C23H34O4. The van der Waals surface area contributed by atoms with Crippen molar-refractivity contribution in [1.29, 1.82) is 0 Å². The van der Waals surface area contributed by atoms with Crippen LogP contribution in [0, 0.1) is 5.92 Å². The molecule has 0 bridgehead atoms. The van der Waals surface area contributed by atoms with Gasteiger partial charge < -0.3 is 14.6 Å². The summed E-state index contributed by atoms with van der Waals surface area (Å²) in [6, 6.07) is 7.89. The van der Waals surface area contributed by atoms with Gasteiger partial charge in [0.2, 0.25) is 0 Å². The Morgan fingerprint density at radius 2 is 1.85 bits per heavy atom. The predicted molar refractivity (Wildman–Crippen MR) is 108 cm³/mol. The molecule has 150 valence electrons. The Morgan fingerprint density at radius 3 is 2.48 bits per heavy atom. The first-order chi connectivity index (χ1) is 13.1. The van der Waals surface area contributed by atoms with Crippen LogP contribution in [0.15, 0.2) is 36.4 Å². The lowest BCUT2D eigenvalue weighted by molar-refractivity contribution is -0.130. The molecule has 2 rings (SSSR count). The lowest BCUT2D eigenvalue weighted by Crippen LogP contribution is -2.16. The Hall–Kier alpha value is -1.65. The summed E-state index contributed by atoms with van der Waals surface area (Å²) < 4.78 is 10.4. The van der Waals surface area contributed by atoms with Gasteiger partial charge >= 0.3 is 5.97 Å². The molecule has 4 nitrogen and oxygen atoms in total. The minimum absolute atomic E-state index is 0.0684. The highest BCUT2D eigenvalue weighted by Gasteiger charge is 2.22. The van der Waals surface area contributed by atoms with Gasteiger partial charge in [-0.25, -0.2) is 4.79 Å². The van der Waals surface area contributed by atoms with Crippen LogP contribution >= 0.6 is 0 Å². The van der Waals surface area contributed by atoms with E-state index in [1.165, 1.54) is 56.9 Å². The monoisotopic (exact) mass is 374 g/mol. The topological polar surface area (TPSA) is 55.8 Å². The number of hydrogen-bond donors (Lipinski definition) is 1. The van der Waals surface area contributed by atoms with Crippen LogP contribution in [0.1, 0.15) is 69.8 Å². The molecular weight excluding hydrogens is 340 g/mol. The number of esters is 1. The zero-order valence-electron chi connectivity index (χ0n) is 16.6. The Bertz CT molecular complexity index is 571. The van der Waals surface area contributed by atoms with Crippen molar-refractivity contribution >= 4 is 5.97 Å². The van der Waals surface area contributed by atoms with Crippen molar-refractivity contribution < 1.29 is 19.4 Å². The van der Waals surface area contributed by atoms with Gasteiger partial charge in [0.05, 0.1) is 25.4 Å². The van der Waals surface area contributed by atoms with E-state index in [-0.39, 0.29) is 25.4 Å². The number of ether oxygens (including phenoxy) is 2. The summed E-state index contributed by atoms with van der Waals surface area (Å²) in [5.41, 5.74) is 1.58. The molecule has 0 atom stereocenters. The van der Waals surface area contributed by atoms with Crippen LogP contribution in [0.2, 0.25) is 0 Å². The van der Waals surface area contributed by atoms with Crippen LogP contribution in [0.4, 0.5) is 0 Å². The van der Waals surface area contributed by atoms with Crippen molar-refractivity contribution in [2.45, 2.75) is 64.2 Å². The third-order valence-electron chi connectivity index (χ3n) is 5.43. The third kappa shape index (κ3) is 7.47. The first kappa shape index (κ1) is 21.6. The normalized spacial score (nSPS) is 19.6. The lowest BCUT2D eigenvalue weighted by Gasteiger charge is -2.29. The van der Waals surface area contributed by atoms with Crippen molar-refractivity contribution in [1.82, 2.24) is 0 Å². The van der Waals surface area contributed by atoms with Gasteiger partial charge in [-0.05, 0) is 55.2 Å². The molecule has 1 aromatic carbocycles. The van der Waals surface area contributed by atoms with E-state index in [0.717, 1.165) is 5.92 Å².